The van der Waals surface area contributed by atoms with Gasteiger partial charge in [0.2, 0.25) is 0 Å². The lowest BCUT2D eigenvalue weighted by atomic mass is 9.93. The summed E-state index contributed by atoms with van der Waals surface area (Å²) < 4.78 is 6.70. The van der Waals surface area contributed by atoms with E-state index in [-0.39, 0.29) is 12.2 Å². The molecule has 0 fully saturated rings. The number of hydrogen-bond acceptors (Lipinski definition) is 1. The van der Waals surface area contributed by atoms with Gasteiger partial charge in [0.15, 0.2) is 0 Å². The van der Waals surface area contributed by atoms with Gasteiger partial charge in [-0.2, -0.15) is 0 Å². The van der Waals surface area contributed by atoms with E-state index >= 15 is 0 Å². The first-order valence-corrected chi connectivity index (χ1v) is 10.1. The maximum Gasteiger partial charge on any atom is 0.109 e. The summed E-state index contributed by atoms with van der Waals surface area (Å²) in [5.74, 6) is 0. The summed E-state index contributed by atoms with van der Waals surface area (Å²) >= 11 is 0. The van der Waals surface area contributed by atoms with Crippen molar-refractivity contribution < 1.29 is 4.74 Å². The third-order valence-corrected chi connectivity index (χ3v) is 5.99. The third-order valence-electron chi connectivity index (χ3n) is 5.99. The van der Waals surface area contributed by atoms with Crippen LogP contribution in [0.25, 0.3) is 21.5 Å². The average molecular weight is 372 g/mol. The molecule has 1 aliphatic rings. The molecule has 1 nitrogen and oxygen atoms in total. The molecular formula is C28H20O. The molecule has 0 saturated heterocycles. The van der Waals surface area contributed by atoms with Crippen LogP contribution in [0.15, 0.2) is 109 Å². The fourth-order valence-corrected chi connectivity index (χ4v) is 4.53. The van der Waals surface area contributed by atoms with Gasteiger partial charge in [0, 0.05) is 0 Å². The Morgan fingerprint density at radius 2 is 0.828 bits per heavy atom. The summed E-state index contributed by atoms with van der Waals surface area (Å²) in [5, 5.41) is 5.02. The van der Waals surface area contributed by atoms with E-state index in [0.29, 0.717) is 0 Å². The molecule has 6 rings (SSSR count). The minimum Gasteiger partial charge on any atom is -0.356 e. The second kappa shape index (κ2) is 6.58. The van der Waals surface area contributed by atoms with E-state index in [1.807, 2.05) is 0 Å². The summed E-state index contributed by atoms with van der Waals surface area (Å²) in [5.41, 5.74) is 4.95. The molecule has 1 aliphatic heterocycles. The maximum atomic E-state index is 6.70. The van der Waals surface area contributed by atoms with E-state index in [0.717, 1.165) is 0 Å². The molecule has 1 heteroatoms. The standard InChI is InChI=1S/C28H20O/c1-3-9-21-17-23(15-13-19(21)7-1)27-25-11-5-6-12-26(25)28(29-27)24-16-14-20-8-2-4-10-22(20)18-24/h1-18,27-28H. The Bertz CT molecular complexity index is 1250. The Kier molecular flexibility index (Phi) is 3.75. The normalized spacial score (nSPS) is 18.2. The third kappa shape index (κ3) is 2.74. The second-order valence-corrected chi connectivity index (χ2v) is 7.74. The van der Waals surface area contributed by atoms with E-state index in [2.05, 4.69) is 109 Å². The molecule has 29 heavy (non-hydrogen) atoms. The quantitative estimate of drug-likeness (QED) is 0.318. The number of benzene rings is 5. The van der Waals surface area contributed by atoms with Crippen molar-refractivity contribution in [3.05, 3.63) is 131 Å². The number of ether oxygens (including phenoxy) is 1. The molecule has 0 amide bonds. The maximum absolute atomic E-state index is 6.70. The van der Waals surface area contributed by atoms with Crippen molar-refractivity contribution in [2.24, 2.45) is 0 Å². The lowest BCUT2D eigenvalue weighted by Gasteiger charge is -2.16. The summed E-state index contributed by atoms with van der Waals surface area (Å²) in [7, 11) is 0. The summed E-state index contributed by atoms with van der Waals surface area (Å²) in [6.07, 6.45) is -0.0976. The van der Waals surface area contributed by atoms with Crippen molar-refractivity contribution in [1.82, 2.24) is 0 Å². The lowest BCUT2D eigenvalue weighted by Crippen LogP contribution is -2.02. The molecule has 1 heterocycles. The van der Waals surface area contributed by atoms with Crippen molar-refractivity contribution in [2.75, 3.05) is 0 Å². The van der Waals surface area contributed by atoms with Crippen LogP contribution < -0.4 is 0 Å². The highest BCUT2D eigenvalue weighted by Gasteiger charge is 2.33. The fourth-order valence-electron chi connectivity index (χ4n) is 4.53. The molecule has 0 radical (unpaired) electrons. The molecule has 0 aromatic heterocycles. The van der Waals surface area contributed by atoms with Gasteiger partial charge in [-0.05, 0) is 55.9 Å². The van der Waals surface area contributed by atoms with Gasteiger partial charge < -0.3 is 4.74 Å². The molecule has 5 aromatic rings. The topological polar surface area (TPSA) is 9.23 Å². The molecular weight excluding hydrogens is 352 g/mol. The minimum atomic E-state index is -0.0488. The zero-order valence-corrected chi connectivity index (χ0v) is 16.0. The molecule has 2 atom stereocenters. The van der Waals surface area contributed by atoms with Crippen LogP contribution in [0, 0.1) is 0 Å². The van der Waals surface area contributed by atoms with Gasteiger partial charge in [-0.15, -0.1) is 0 Å². The van der Waals surface area contributed by atoms with E-state index < -0.39 is 0 Å². The van der Waals surface area contributed by atoms with Gasteiger partial charge in [-0.1, -0.05) is 97.1 Å². The van der Waals surface area contributed by atoms with Gasteiger partial charge in [0.05, 0.1) is 0 Å². The second-order valence-electron chi connectivity index (χ2n) is 7.74. The molecule has 0 saturated carbocycles. The summed E-state index contributed by atoms with van der Waals surface area (Å²) in [6, 6.07) is 38.9. The first kappa shape index (κ1) is 16.5. The van der Waals surface area contributed by atoms with Crippen LogP contribution in [0.4, 0.5) is 0 Å². The monoisotopic (exact) mass is 372 g/mol. The van der Waals surface area contributed by atoms with E-state index in [4.69, 9.17) is 4.74 Å². The summed E-state index contributed by atoms with van der Waals surface area (Å²) in [4.78, 5) is 0. The van der Waals surface area contributed by atoms with Crippen LogP contribution in [0.1, 0.15) is 34.5 Å². The van der Waals surface area contributed by atoms with E-state index in [1.54, 1.807) is 0 Å². The molecule has 138 valence electrons. The molecule has 0 N–H and O–H groups in total. The van der Waals surface area contributed by atoms with Crippen molar-refractivity contribution >= 4 is 21.5 Å². The number of fused-ring (bicyclic) bond motifs is 3. The molecule has 5 aromatic carbocycles. The Labute approximate surface area is 170 Å². The predicted octanol–water partition coefficient (Wildman–Crippen LogP) is 7.20. The van der Waals surface area contributed by atoms with Crippen LogP contribution in [0.2, 0.25) is 0 Å². The number of hydrogen-bond donors (Lipinski definition) is 0. The van der Waals surface area contributed by atoms with Gasteiger partial charge in [0.25, 0.3) is 0 Å². The van der Waals surface area contributed by atoms with Crippen molar-refractivity contribution in [1.29, 1.82) is 0 Å². The van der Waals surface area contributed by atoms with Crippen molar-refractivity contribution in [3.8, 4) is 0 Å². The molecule has 0 bridgehead atoms. The highest BCUT2D eigenvalue weighted by molar-refractivity contribution is 5.84. The van der Waals surface area contributed by atoms with Crippen molar-refractivity contribution in [3.63, 3.8) is 0 Å². The van der Waals surface area contributed by atoms with Gasteiger partial charge in [-0.3, -0.25) is 0 Å². The first-order chi connectivity index (χ1) is 14.4. The average Bonchev–Trinajstić information content (AvgIpc) is 3.18. The predicted molar refractivity (Wildman–Crippen MR) is 119 cm³/mol. The SMILES string of the molecule is c1ccc2c(c1)C(c1ccc3ccccc3c1)OC2c1ccc2ccccc2c1. The zero-order chi connectivity index (χ0) is 19.2. The minimum absolute atomic E-state index is 0.0488. The first-order valence-electron chi connectivity index (χ1n) is 10.1. The van der Waals surface area contributed by atoms with Crippen LogP contribution >= 0.6 is 0 Å². The Hall–Kier alpha value is -3.42. The smallest absolute Gasteiger partial charge is 0.109 e. The van der Waals surface area contributed by atoms with Crippen LogP contribution in [0.3, 0.4) is 0 Å². The highest BCUT2D eigenvalue weighted by atomic mass is 16.5. The van der Waals surface area contributed by atoms with Crippen molar-refractivity contribution in [2.45, 2.75) is 12.2 Å². The van der Waals surface area contributed by atoms with Gasteiger partial charge >= 0.3 is 0 Å². The van der Waals surface area contributed by atoms with Crippen LogP contribution in [-0.2, 0) is 4.74 Å². The zero-order valence-electron chi connectivity index (χ0n) is 16.0. The highest BCUT2D eigenvalue weighted by Crippen LogP contribution is 2.46. The van der Waals surface area contributed by atoms with Crippen LogP contribution in [-0.4, -0.2) is 0 Å². The fraction of sp³-hybridized carbons (Fsp3) is 0.0714. The summed E-state index contributed by atoms with van der Waals surface area (Å²) in [6.45, 7) is 0. The Morgan fingerprint density at radius 1 is 0.414 bits per heavy atom. The van der Waals surface area contributed by atoms with E-state index in [9.17, 15) is 0 Å². The Morgan fingerprint density at radius 3 is 1.31 bits per heavy atom. The molecule has 0 aliphatic carbocycles. The lowest BCUT2D eigenvalue weighted by molar-refractivity contribution is 0.0584. The largest absolute Gasteiger partial charge is 0.356 e. The van der Waals surface area contributed by atoms with Gasteiger partial charge in [-0.25, -0.2) is 0 Å². The van der Waals surface area contributed by atoms with E-state index in [1.165, 1.54) is 43.8 Å². The molecule has 2 unspecified atom stereocenters. The Balaban J connectivity index is 1.46. The number of rotatable bonds is 2. The van der Waals surface area contributed by atoms with Crippen LogP contribution in [0.5, 0.6) is 0 Å². The molecule has 0 spiro atoms. The van der Waals surface area contributed by atoms with Gasteiger partial charge in [0.1, 0.15) is 12.2 Å².